The average molecular weight is 303 g/mol. The van der Waals surface area contributed by atoms with Crippen molar-refractivity contribution >= 4 is 39.4 Å². The Hall–Kier alpha value is -0.980. The third-order valence-electron chi connectivity index (χ3n) is 2.58. The minimum Gasteiger partial charge on any atom is -0.484 e. The maximum absolute atomic E-state index is 6.18. The Labute approximate surface area is 118 Å². The lowest BCUT2D eigenvalue weighted by atomic mass is 10.3. The van der Waals surface area contributed by atoms with Crippen LogP contribution in [0.15, 0.2) is 0 Å². The Kier molecular flexibility index (Phi) is 3.09. The molecule has 0 fully saturated rings. The molecule has 0 bridgehead atoms. The quantitative estimate of drug-likeness (QED) is 0.919. The maximum atomic E-state index is 6.18. The van der Waals surface area contributed by atoms with Gasteiger partial charge in [-0.1, -0.05) is 11.6 Å². The third-order valence-corrected chi connectivity index (χ3v) is 4.92. The van der Waals surface area contributed by atoms with Gasteiger partial charge in [-0.25, -0.2) is 4.98 Å². The summed E-state index contributed by atoms with van der Waals surface area (Å²) in [6.45, 7) is 3.13. The van der Waals surface area contributed by atoms with E-state index in [9.17, 15) is 0 Å². The zero-order valence-corrected chi connectivity index (χ0v) is 12.3. The molecular formula is C11H11ClN2O2S2. The van der Waals surface area contributed by atoms with Gasteiger partial charge < -0.3 is 14.8 Å². The number of aromatic nitrogens is 1. The van der Waals surface area contributed by atoms with E-state index in [0.29, 0.717) is 23.3 Å². The van der Waals surface area contributed by atoms with Crippen LogP contribution in [0.5, 0.6) is 11.5 Å². The maximum Gasteiger partial charge on any atom is 0.191 e. The molecule has 1 aliphatic heterocycles. The summed E-state index contributed by atoms with van der Waals surface area (Å²) in [4.78, 5) is 6.63. The van der Waals surface area contributed by atoms with E-state index in [4.69, 9.17) is 21.1 Å². The fourth-order valence-corrected chi connectivity index (χ4v) is 3.96. The second kappa shape index (κ2) is 4.60. The number of hydrogen-bond acceptors (Lipinski definition) is 6. The van der Waals surface area contributed by atoms with Gasteiger partial charge in [-0.3, -0.25) is 0 Å². The first-order chi connectivity index (χ1) is 8.70. The lowest BCUT2D eigenvalue weighted by Crippen LogP contribution is -2.14. The lowest BCUT2D eigenvalue weighted by Gasteiger charge is -2.15. The Morgan fingerprint density at radius 3 is 2.61 bits per heavy atom. The van der Waals surface area contributed by atoms with Crippen LogP contribution in [0.2, 0.25) is 4.34 Å². The normalized spacial score (nSPS) is 13.7. The SMILES string of the molecule is CNc1nc(-c2sc(Cl)c3c2OCCO3)c(C)s1. The van der Waals surface area contributed by atoms with Gasteiger partial charge in [0.1, 0.15) is 28.1 Å². The molecule has 0 unspecified atom stereocenters. The molecule has 0 saturated carbocycles. The summed E-state index contributed by atoms with van der Waals surface area (Å²) >= 11 is 9.25. The van der Waals surface area contributed by atoms with Crippen molar-refractivity contribution in [3.8, 4) is 22.1 Å². The van der Waals surface area contributed by atoms with E-state index in [-0.39, 0.29) is 0 Å². The minimum atomic E-state index is 0.542. The van der Waals surface area contributed by atoms with Crippen molar-refractivity contribution < 1.29 is 9.47 Å². The summed E-state index contributed by atoms with van der Waals surface area (Å²) in [7, 11) is 1.86. The highest BCUT2D eigenvalue weighted by Crippen LogP contribution is 2.52. The van der Waals surface area contributed by atoms with Gasteiger partial charge in [0, 0.05) is 11.9 Å². The summed E-state index contributed by atoms with van der Waals surface area (Å²) < 4.78 is 11.8. The van der Waals surface area contributed by atoms with Crippen LogP contribution in [0.25, 0.3) is 10.6 Å². The van der Waals surface area contributed by atoms with Crippen LogP contribution in [-0.2, 0) is 0 Å². The van der Waals surface area contributed by atoms with Crippen molar-refractivity contribution in [2.24, 2.45) is 0 Å². The molecule has 1 N–H and O–H groups in total. The molecule has 18 heavy (non-hydrogen) atoms. The van der Waals surface area contributed by atoms with Gasteiger partial charge in [0.05, 0.1) is 0 Å². The van der Waals surface area contributed by atoms with E-state index in [1.165, 1.54) is 11.3 Å². The first-order valence-electron chi connectivity index (χ1n) is 5.44. The Morgan fingerprint density at radius 2 is 1.94 bits per heavy atom. The van der Waals surface area contributed by atoms with Gasteiger partial charge in [-0.05, 0) is 6.92 Å². The smallest absolute Gasteiger partial charge is 0.191 e. The third kappa shape index (κ3) is 1.84. The number of fused-ring (bicyclic) bond motifs is 1. The highest BCUT2D eigenvalue weighted by molar-refractivity contribution is 7.21. The zero-order chi connectivity index (χ0) is 12.7. The van der Waals surface area contributed by atoms with E-state index >= 15 is 0 Å². The molecule has 3 rings (SSSR count). The van der Waals surface area contributed by atoms with Crippen molar-refractivity contribution in [2.75, 3.05) is 25.6 Å². The first kappa shape index (κ1) is 12.1. The number of thiophene rings is 1. The molecule has 7 heteroatoms. The predicted octanol–water partition coefficient (Wildman–Crippen LogP) is 3.65. The number of rotatable bonds is 2. The van der Waals surface area contributed by atoms with Gasteiger partial charge in [-0.2, -0.15) is 0 Å². The fourth-order valence-electron chi connectivity index (χ4n) is 1.79. The predicted molar refractivity (Wildman–Crippen MR) is 75.7 cm³/mol. The van der Waals surface area contributed by atoms with Crippen molar-refractivity contribution in [3.05, 3.63) is 9.21 Å². The Morgan fingerprint density at radius 1 is 1.22 bits per heavy atom. The minimum absolute atomic E-state index is 0.542. The number of ether oxygens (including phenoxy) is 2. The summed E-state index contributed by atoms with van der Waals surface area (Å²) in [5, 5.41) is 3.94. The zero-order valence-electron chi connectivity index (χ0n) is 9.87. The Balaban J connectivity index is 2.13. The van der Waals surface area contributed by atoms with Crippen LogP contribution in [0, 0.1) is 6.92 Å². The van der Waals surface area contributed by atoms with Gasteiger partial charge in [0.25, 0.3) is 0 Å². The number of hydrogen-bond donors (Lipinski definition) is 1. The topological polar surface area (TPSA) is 43.4 Å². The largest absolute Gasteiger partial charge is 0.484 e. The second-order valence-electron chi connectivity index (χ2n) is 3.73. The first-order valence-corrected chi connectivity index (χ1v) is 7.45. The molecule has 1 aliphatic rings. The molecule has 0 radical (unpaired) electrons. The van der Waals surface area contributed by atoms with Crippen molar-refractivity contribution in [3.63, 3.8) is 0 Å². The molecule has 4 nitrogen and oxygen atoms in total. The second-order valence-corrected chi connectivity index (χ2v) is 6.56. The summed E-state index contributed by atoms with van der Waals surface area (Å²) in [6.07, 6.45) is 0. The van der Waals surface area contributed by atoms with Crippen LogP contribution >= 0.6 is 34.3 Å². The molecule has 3 heterocycles. The fraction of sp³-hybridized carbons (Fsp3) is 0.364. The van der Waals surface area contributed by atoms with Crippen LogP contribution in [-0.4, -0.2) is 25.2 Å². The average Bonchev–Trinajstić information content (AvgIpc) is 2.91. The molecule has 2 aromatic rings. The molecule has 0 aromatic carbocycles. The Bertz CT molecular complexity index is 594. The number of anilines is 1. The van der Waals surface area contributed by atoms with Gasteiger partial charge in [0.15, 0.2) is 16.6 Å². The molecule has 2 aromatic heterocycles. The number of aryl methyl sites for hydroxylation is 1. The molecule has 0 atom stereocenters. The molecule has 0 aliphatic carbocycles. The van der Waals surface area contributed by atoms with Crippen LogP contribution in [0.1, 0.15) is 4.88 Å². The van der Waals surface area contributed by atoms with E-state index in [0.717, 1.165) is 26.3 Å². The molecule has 0 amide bonds. The van der Waals surface area contributed by atoms with Gasteiger partial charge in [0.2, 0.25) is 0 Å². The van der Waals surface area contributed by atoms with Crippen LogP contribution in [0.4, 0.5) is 5.13 Å². The lowest BCUT2D eigenvalue weighted by molar-refractivity contribution is 0.174. The van der Waals surface area contributed by atoms with E-state index < -0.39 is 0 Å². The highest BCUT2D eigenvalue weighted by Gasteiger charge is 2.26. The summed E-state index contributed by atoms with van der Waals surface area (Å²) in [5.41, 5.74) is 0.919. The van der Waals surface area contributed by atoms with E-state index in [1.807, 2.05) is 14.0 Å². The van der Waals surface area contributed by atoms with Crippen molar-refractivity contribution in [1.29, 1.82) is 0 Å². The monoisotopic (exact) mass is 302 g/mol. The number of nitrogens with one attached hydrogen (secondary N) is 1. The van der Waals surface area contributed by atoms with E-state index in [1.54, 1.807) is 11.3 Å². The molecule has 96 valence electrons. The van der Waals surface area contributed by atoms with Crippen molar-refractivity contribution in [1.82, 2.24) is 4.98 Å². The number of nitrogens with zero attached hydrogens (tertiary/aromatic N) is 1. The molecular weight excluding hydrogens is 292 g/mol. The highest BCUT2D eigenvalue weighted by atomic mass is 35.5. The summed E-state index contributed by atoms with van der Waals surface area (Å²) in [5.74, 6) is 1.38. The van der Waals surface area contributed by atoms with E-state index in [2.05, 4.69) is 10.3 Å². The molecule has 0 saturated heterocycles. The summed E-state index contributed by atoms with van der Waals surface area (Å²) in [6, 6.07) is 0. The molecule has 0 spiro atoms. The van der Waals surface area contributed by atoms with Crippen LogP contribution < -0.4 is 14.8 Å². The number of thiazole rings is 1. The standard InChI is InChI=1S/C11H11ClN2O2S2/c1-5-6(14-11(13-2)17-5)9-7-8(10(12)18-9)16-4-3-15-7/h3-4H2,1-2H3,(H,13,14). The van der Waals surface area contributed by atoms with Gasteiger partial charge in [-0.15, -0.1) is 22.7 Å². The van der Waals surface area contributed by atoms with Crippen LogP contribution in [0.3, 0.4) is 0 Å². The van der Waals surface area contributed by atoms with Gasteiger partial charge >= 0.3 is 0 Å². The van der Waals surface area contributed by atoms with Crippen molar-refractivity contribution in [2.45, 2.75) is 6.92 Å². The number of halogens is 1.